The van der Waals surface area contributed by atoms with Crippen LogP contribution in [0.15, 0.2) is 48.5 Å². The van der Waals surface area contributed by atoms with E-state index in [4.69, 9.17) is 0 Å². The molecular formula is C20H22N4O. The van der Waals surface area contributed by atoms with E-state index in [1.807, 2.05) is 29.2 Å². The molecule has 1 fully saturated rings. The van der Waals surface area contributed by atoms with Gasteiger partial charge in [0.2, 0.25) is 0 Å². The van der Waals surface area contributed by atoms with E-state index < -0.39 is 0 Å². The molecule has 2 aromatic carbocycles. The highest BCUT2D eigenvalue weighted by molar-refractivity contribution is 6.04. The van der Waals surface area contributed by atoms with Gasteiger partial charge in [-0.1, -0.05) is 42.5 Å². The second-order valence-electron chi connectivity index (χ2n) is 6.61. The van der Waals surface area contributed by atoms with Crippen LogP contribution in [0.3, 0.4) is 0 Å². The number of piperazine rings is 1. The zero-order valence-electron chi connectivity index (χ0n) is 14.4. The van der Waals surface area contributed by atoms with E-state index >= 15 is 0 Å². The summed E-state index contributed by atoms with van der Waals surface area (Å²) < 4.78 is 0. The molecule has 3 aromatic rings. The molecule has 5 nitrogen and oxygen atoms in total. The van der Waals surface area contributed by atoms with Crippen molar-refractivity contribution in [3.8, 4) is 0 Å². The molecule has 1 amide bonds. The van der Waals surface area contributed by atoms with Crippen molar-refractivity contribution in [2.45, 2.75) is 13.5 Å². The first-order chi connectivity index (χ1) is 12.2. The Morgan fingerprint density at radius 3 is 2.56 bits per heavy atom. The van der Waals surface area contributed by atoms with Gasteiger partial charge in [0.15, 0.2) is 5.69 Å². The molecule has 128 valence electrons. The summed E-state index contributed by atoms with van der Waals surface area (Å²) in [5, 5.41) is 8.08. The van der Waals surface area contributed by atoms with E-state index in [1.54, 1.807) is 0 Å². The first kappa shape index (κ1) is 15.8. The maximum Gasteiger partial charge on any atom is 0.275 e. The fraction of sp³-hybridized carbons (Fsp3) is 0.300. The number of hydrogen-bond acceptors (Lipinski definition) is 3. The molecule has 0 bridgehead atoms. The lowest BCUT2D eigenvalue weighted by atomic mass is 10.1. The number of benzene rings is 2. The summed E-state index contributed by atoms with van der Waals surface area (Å²) in [4.78, 5) is 17.1. The number of amides is 1. The van der Waals surface area contributed by atoms with Crippen LogP contribution in [0.1, 0.15) is 21.6 Å². The number of aromatic amines is 1. The topological polar surface area (TPSA) is 52.2 Å². The van der Waals surface area contributed by atoms with Gasteiger partial charge in [-0.15, -0.1) is 0 Å². The van der Waals surface area contributed by atoms with Crippen molar-refractivity contribution in [3.63, 3.8) is 0 Å². The van der Waals surface area contributed by atoms with Crippen LogP contribution in [-0.2, 0) is 6.54 Å². The van der Waals surface area contributed by atoms with E-state index in [9.17, 15) is 4.79 Å². The second kappa shape index (κ2) is 6.69. The number of carbonyl (C=O) groups is 1. The van der Waals surface area contributed by atoms with Gasteiger partial charge in [0, 0.05) is 38.1 Å². The highest BCUT2D eigenvalue weighted by atomic mass is 16.2. The molecule has 0 saturated carbocycles. The van der Waals surface area contributed by atoms with Crippen LogP contribution in [0.4, 0.5) is 0 Å². The van der Waals surface area contributed by atoms with Crippen LogP contribution < -0.4 is 0 Å². The minimum atomic E-state index is 0.0213. The van der Waals surface area contributed by atoms with Crippen molar-refractivity contribution in [1.82, 2.24) is 20.0 Å². The van der Waals surface area contributed by atoms with Gasteiger partial charge in [-0.3, -0.25) is 14.8 Å². The van der Waals surface area contributed by atoms with E-state index in [0.29, 0.717) is 5.69 Å². The van der Waals surface area contributed by atoms with Gasteiger partial charge in [-0.25, -0.2) is 0 Å². The second-order valence-corrected chi connectivity index (χ2v) is 6.61. The number of aromatic nitrogens is 2. The van der Waals surface area contributed by atoms with Crippen molar-refractivity contribution in [1.29, 1.82) is 0 Å². The minimum absolute atomic E-state index is 0.0213. The van der Waals surface area contributed by atoms with Crippen LogP contribution in [-0.4, -0.2) is 52.1 Å². The Morgan fingerprint density at radius 1 is 1.04 bits per heavy atom. The first-order valence-electron chi connectivity index (χ1n) is 8.71. The van der Waals surface area contributed by atoms with Crippen molar-refractivity contribution in [2.24, 2.45) is 0 Å². The predicted molar refractivity (Wildman–Crippen MR) is 98.5 cm³/mol. The van der Waals surface area contributed by atoms with Crippen molar-refractivity contribution < 1.29 is 4.79 Å². The Labute approximate surface area is 147 Å². The number of H-pyrrole nitrogens is 1. The standard InChI is InChI=1S/C20H22N4O/c1-15-6-2-3-7-16(15)14-23-10-12-24(13-11-23)20(25)19-17-8-4-5-9-18(17)21-22-19/h2-9H,10-14H2,1H3,(H,21,22). The molecule has 0 spiro atoms. The smallest absolute Gasteiger partial charge is 0.275 e. The van der Waals surface area contributed by atoms with Crippen LogP contribution >= 0.6 is 0 Å². The lowest BCUT2D eigenvalue weighted by molar-refractivity contribution is 0.0624. The van der Waals surface area contributed by atoms with E-state index in [-0.39, 0.29) is 5.91 Å². The summed E-state index contributed by atoms with van der Waals surface area (Å²) in [5.74, 6) is 0.0213. The molecule has 5 heteroatoms. The molecule has 1 aromatic heterocycles. The largest absolute Gasteiger partial charge is 0.335 e. The number of aryl methyl sites for hydroxylation is 1. The Bertz CT molecular complexity index is 893. The highest BCUT2D eigenvalue weighted by Gasteiger charge is 2.25. The van der Waals surface area contributed by atoms with Crippen molar-refractivity contribution >= 4 is 16.8 Å². The summed E-state index contributed by atoms with van der Waals surface area (Å²) in [6.45, 7) is 6.36. The molecule has 2 heterocycles. The third kappa shape index (κ3) is 3.15. The molecule has 4 rings (SSSR count). The third-order valence-corrected chi connectivity index (χ3v) is 4.99. The molecule has 1 aliphatic rings. The number of hydrogen-bond donors (Lipinski definition) is 1. The van der Waals surface area contributed by atoms with E-state index in [1.165, 1.54) is 11.1 Å². The summed E-state index contributed by atoms with van der Waals surface area (Å²) in [6.07, 6.45) is 0. The van der Waals surface area contributed by atoms with Gasteiger partial charge in [-0.2, -0.15) is 5.10 Å². The molecule has 1 saturated heterocycles. The Balaban J connectivity index is 1.42. The number of para-hydroxylation sites is 1. The highest BCUT2D eigenvalue weighted by Crippen LogP contribution is 2.18. The number of nitrogens with one attached hydrogen (secondary N) is 1. The molecular weight excluding hydrogens is 312 g/mol. The van der Waals surface area contributed by atoms with Crippen LogP contribution in [0.2, 0.25) is 0 Å². The van der Waals surface area contributed by atoms with Gasteiger partial charge >= 0.3 is 0 Å². The predicted octanol–water partition coefficient (Wildman–Crippen LogP) is 2.83. The lowest BCUT2D eigenvalue weighted by Gasteiger charge is -2.34. The third-order valence-electron chi connectivity index (χ3n) is 4.99. The molecule has 1 aliphatic heterocycles. The SMILES string of the molecule is Cc1ccccc1CN1CCN(C(=O)c2n[nH]c3ccccc23)CC1. The maximum atomic E-state index is 12.8. The fourth-order valence-electron chi connectivity index (χ4n) is 3.41. The van der Waals surface area contributed by atoms with Crippen molar-refractivity contribution in [3.05, 3.63) is 65.4 Å². The Morgan fingerprint density at radius 2 is 1.76 bits per heavy atom. The normalized spacial score (nSPS) is 15.6. The summed E-state index contributed by atoms with van der Waals surface area (Å²) in [6, 6.07) is 16.3. The zero-order valence-corrected chi connectivity index (χ0v) is 14.4. The molecule has 0 radical (unpaired) electrons. The Kier molecular flexibility index (Phi) is 4.24. The Hall–Kier alpha value is -2.66. The van der Waals surface area contributed by atoms with E-state index in [0.717, 1.165) is 43.6 Å². The fourth-order valence-corrected chi connectivity index (χ4v) is 3.41. The average molecular weight is 334 g/mol. The molecule has 1 N–H and O–H groups in total. The van der Waals surface area contributed by atoms with Gasteiger partial charge < -0.3 is 4.90 Å². The summed E-state index contributed by atoms with van der Waals surface area (Å²) in [7, 11) is 0. The van der Waals surface area contributed by atoms with Gasteiger partial charge in [0.1, 0.15) is 0 Å². The zero-order chi connectivity index (χ0) is 17.2. The first-order valence-corrected chi connectivity index (χ1v) is 8.71. The number of carbonyl (C=O) groups excluding carboxylic acids is 1. The van der Waals surface area contributed by atoms with Crippen molar-refractivity contribution in [2.75, 3.05) is 26.2 Å². The van der Waals surface area contributed by atoms with Crippen LogP contribution in [0.5, 0.6) is 0 Å². The van der Waals surface area contributed by atoms with Crippen LogP contribution in [0, 0.1) is 6.92 Å². The minimum Gasteiger partial charge on any atom is -0.335 e. The number of rotatable bonds is 3. The van der Waals surface area contributed by atoms with Gasteiger partial charge in [-0.05, 0) is 24.1 Å². The summed E-state index contributed by atoms with van der Waals surface area (Å²) in [5.41, 5.74) is 4.12. The lowest BCUT2D eigenvalue weighted by Crippen LogP contribution is -2.48. The average Bonchev–Trinajstić information content (AvgIpc) is 3.08. The quantitative estimate of drug-likeness (QED) is 0.801. The van der Waals surface area contributed by atoms with Gasteiger partial charge in [0.25, 0.3) is 5.91 Å². The molecule has 0 aliphatic carbocycles. The van der Waals surface area contributed by atoms with E-state index in [2.05, 4.69) is 46.3 Å². The summed E-state index contributed by atoms with van der Waals surface area (Å²) >= 11 is 0. The molecule has 25 heavy (non-hydrogen) atoms. The monoisotopic (exact) mass is 334 g/mol. The number of nitrogens with zero attached hydrogens (tertiary/aromatic N) is 3. The van der Waals surface area contributed by atoms with Gasteiger partial charge in [0.05, 0.1) is 5.52 Å². The van der Waals surface area contributed by atoms with Crippen LogP contribution in [0.25, 0.3) is 10.9 Å². The number of fused-ring (bicyclic) bond motifs is 1. The molecule has 0 unspecified atom stereocenters. The maximum absolute atomic E-state index is 12.8. The molecule has 0 atom stereocenters.